The predicted octanol–water partition coefficient (Wildman–Crippen LogP) is 9.01. The number of alkyl halides is 1. The van der Waals surface area contributed by atoms with Crippen molar-refractivity contribution in [3.63, 3.8) is 0 Å². The van der Waals surface area contributed by atoms with Crippen LogP contribution in [0.25, 0.3) is 0 Å². The lowest BCUT2D eigenvalue weighted by molar-refractivity contribution is -0.385. The van der Waals surface area contributed by atoms with Crippen molar-refractivity contribution in [1.29, 1.82) is 0 Å². The third-order valence-electron chi connectivity index (χ3n) is 10.7. The number of likely N-dealkylation sites (tertiary alicyclic amines) is 2. The van der Waals surface area contributed by atoms with Crippen LogP contribution in [0, 0.1) is 20.2 Å². The molecule has 0 amide bonds. The SMILES string of the molecule is COc1ccc(C(=O)CBr)cc1[N+](=O)[O-].COc1ccc(C(=O)c2sc(Nc3ccc(OCCN4CCCC4)cc3)nc2N)cc1[N+](=O)[O-].NC(=NC(=S)Nc1ccc(OCCN2CCCC2)cc1)SCP. The van der Waals surface area contributed by atoms with Crippen LogP contribution in [0.4, 0.5) is 33.7 Å². The summed E-state index contributed by atoms with van der Waals surface area (Å²) in [6, 6.07) is 23.3. The Morgan fingerprint density at radius 1 is 0.819 bits per heavy atom. The van der Waals surface area contributed by atoms with Gasteiger partial charge < -0.3 is 41.0 Å². The van der Waals surface area contributed by atoms with Crippen molar-refractivity contribution >= 4 is 116 Å². The maximum Gasteiger partial charge on any atom is 0.311 e. The van der Waals surface area contributed by atoms with E-state index in [2.05, 4.69) is 55.6 Å². The van der Waals surface area contributed by atoms with Gasteiger partial charge in [-0.05, 0) is 137 Å². The van der Waals surface area contributed by atoms with Crippen molar-refractivity contribution in [1.82, 2.24) is 14.8 Å². The number of halogens is 1. The van der Waals surface area contributed by atoms with Crippen LogP contribution in [0.15, 0.2) is 89.9 Å². The Balaban J connectivity index is 0.000000219. The summed E-state index contributed by atoms with van der Waals surface area (Å²) in [5, 5.41) is 29.5. The largest absolute Gasteiger partial charge is 0.492 e. The number of hydrogen-bond acceptors (Lipinski definition) is 18. The minimum absolute atomic E-state index is 0.0536. The van der Waals surface area contributed by atoms with E-state index in [0.29, 0.717) is 27.6 Å². The van der Waals surface area contributed by atoms with E-state index in [1.165, 1.54) is 101 Å². The minimum Gasteiger partial charge on any atom is -0.492 e. The molecule has 7 rings (SSSR count). The number of hydrogen-bond donors (Lipinski definition) is 4. The molecule has 5 aromatic rings. The van der Waals surface area contributed by atoms with Gasteiger partial charge in [-0.2, -0.15) is 4.99 Å². The topological polar surface area (TPSA) is 265 Å². The fourth-order valence-electron chi connectivity index (χ4n) is 7.10. The number of thiocarbonyl (C=S) groups is 1. The Bertz CT molecular complexity index is 2660. The molecular weight excluding hydrogens is 1070 g/mol. The van der Waals surface area contributed by atoms with E-state index in [9.17, 15) is 29.8 Å². The van der Waals surface area contributed by atoms with Gasteiger partial charge >= 0.3 is 11.4 Å². The molecule has 2 aliphatic heterocycles. The number of nitro benzene ring substituents is 2. The molecule has 6 N–H and O–H groups in total. The fourth-order valence-corrected chi connectivity index (χ4v) is 9.40. The molecule has 0 saturated carbocycles. The second-order valence-electron chi connectivity index (χ2n) is 15.6. The predicted molar refractivity (Wildman–Crippen MR) is 296 cm³/mol. The molecule has 2 fully saturated rings. The zero-order chi connectivity index (χ0) is 52.0. The molecule has 4 aromatic carbocycles. The van der Waals surface area contributed by atoms with E-state index >= 15 is 0 Å². The van der Waals surface area contributed by atoms with Crippen LogP contribution in [0.2, 0.25) is 0 Å². The van der Waals surface area contributed by atoms with E-state index < -0.39 is 15.6 Å². The molecule has 0 spiro atoms. The van der Waals surface area contributed by atoms with E-state index in [0.717, 1.165) is 72.5 Å². The van der Waals surface area contributed by atoms with Gasteiger partial charge in [-0.3, -0.25) is 39.6 Å². The monoisotopic (exact) mass is 1130 g/mol. The number of Topliss-reactive ketones (excluding diaryl/α,β-unsaturated/α-hetero) is 1. The number of carbonyl (C=O) groups is 2. The summed E-state index contributed by atoms with van der Waals surface area (Å²) in [6.07, 6.45) is 5.13. The molecule has 1 unspecified atom stereocenters. The fraction of sp³-hybridized carbons (Fsp3) is 0.340. The highest BCUT2D eigenvalue weighted by atomic mass is 79.9. The first-order valence-corrected chi connectivity index (χ1v) is 26.6. The number of aromatic nitrogens is 1. The molecule has 2 saturated heterocycles. The van der Waals surface area contributed by atoms with E-state index in [-0.39, 0.29) is 50.2 Å². The summed E-state index contributed by atoms with van der Waals surface area (Å²) in [7, 11) is 5.25. The summed E-state index contributed by atoms with van der Waals surface area (Å²) >= 11 is 10.7. The molecule has 1 aromatic heterocycles. The van der Waals surface area contributed by atoms with Gasteiger partial charge in [0.2, 0.25) is 5.78 Å². The summed E-state index contributed by atoms with van der Waals surface area (Å²) in [5.74, 6) is 1.26. The maximum absolute atomic E-state index is 12.9. The number of thiazole rings is 1. The minimum atomic E-state index is -0.599. The van der Waals surface area contributed by atoms with Gasteiger partial charge in [0, 0.05) is 53.2 Å². The molecule has 20 nitrogen and oxygen atoms in total. The molecule has 72 heavy (non-hydrogen) atoms. The average Bonchev–Trinajstić information content (AvgIpc) is 4.18. The lowest BCUT2D eigenvalue weighted by atomic mass is 10.1. The molecule has 3 heterocycles. The normalized spacial score (nSPS) is 13.4. The van der Waals surface area contributed by atoms with Crippen molar-refractivity contribution in [2.24, 2.45) is 10.7 Å². The summed E-state index contributed by atoms with van der Waals surface area (Å²) in [5.41, 5.74) is 14.0. The van der Waals surface area contributed by atoms with Crippen LogP contribution in [-0.2, 0) is 0 Å². The standard InChI is InChI=1S/C23H25N5O5S.C15H23N4OPS2.C9H8BrNO4/c1-32-19-9-4-15(14-18(19)28(30)31)20(29)21-22(24)26-23(34-21)25-16-5-7-17(8-6-16)33-13-12-27-10-2-3-11-27;16-14(23-11-21)18-15(22)17-12-3-5-13(6-4-12)20-10-9-19-7-1-2-8-19;1-15-9-3-2-6(8(12)5-10)4-7(9)11(13)14/h4-9,14H,2-3,10-13,24H2,1H3,(H,25,26);3-6H,1-2,7-11,21H2,(H3,16,17,18,22);2-4H,5H2,1H3. The smallest absolute Gasteiger partial charge is 0.311 e. The van der Waals surface area contributed by atoms with Crippen molar-refractivity contribution < 1.29 is 38.4 Å². The summed E-state index contributed by atoms with van der Waals surface area (Å²) < 4.78 is 21.4. The first-order valence-electron chi connectivity index (χ1n) is 22.4. The number of carbonyl (C=O) groups excluding carboxylic acids is 2. The Kier molecular flexibility index (Phi) is 23.3. The van der Waals surface area contributed by atoms with E-state index in [1.807, 2.05) is 48.5 Å². The van der Waals surface area contributed by atoms with Crippen LogP contribution in [0.3, 0.4) is 0 Å². The van der Waals surface area contributed by atoms with Crippen LogP contribution in [0.5, 0.6) is 23.0 Å². The van der Waals surface area contributed by atoms with Crippen LogP contribution >= 0.6 is 60.5 Å². The van der Waals surface area contributed by atoms with Crippen molar-refractivity contribution in [3.05, 3.63) is 121 Å². The average molecular weight is 1130 g/mol. The van der Waals surface area contributed by atoms with Crippen LogP contribution < -0.4 is 41.0 Å². The molecule has 25 heteroatoms. The number of methoxy groups -OCH3 is 2. The Hall–Kier alpha value is -6.01. The number of anilines is 4. The van der Waals surface area contributed by atoms with Gasteiger partial charge in [0.1, 0.15) is 35.4 Å². The lowest BCUT2D eigenvalue weighted by Gasteiger charge is -2.15. The third kappa shape index (κ3) is 17.9. The Labute approximate surface area is 441 Å². The van der Waals surface area contributed by atoms with Gasteiger partial charge in [0.15, 0.2) is 32.7 Å². The van der Waals surface area contributed by atoms with E-state index in [1.54, 1.807) is 0 Å². The molecular formula is C47H56BrN10O10PS3. The van der Waals surface area contributed by atoms with Crippen molar-refractivity contribution in [2.75, 3.05) is 93.9 Å². The van der Waals surface area contributed by atoms with Gasteiger partial charge in [-0.15, -0.1) is 9.24 Å². The van der Waals surface area contributed by atoms with E-state index in [4.69, 9.17) is 42.6 Å². The zero-order valence-corrected chi connectivity index (χ0v) is 44.8. The summed E-state index contributed by atoms with van der Waals surface area (Å²) in [6.45, 7) is 7.96. The number of benzene rings is 4. The van der Waals surface area contributed by atoms with Crippen LogP contribution in [-0.4, -0.2) is 124 Å². The Morgan fingerprint density at radius 3 is 1.78 bits per heavy atom. The highest BCUT2D eigenvalue weighted by Crippen LogP contribution is 2.34. The number of nitrogens with two attached hydrogens (primary N) is 2. The second kappa shape index (κ2) is 29.5. The van der Waals surface area contributed by atoms with Gasteiger partial charge in [0.05, 0.1) is 29.4 Å². The van der Waals surface area contributed by atoms with Gasteiger partial charge in [-0.25, -0.2) is 4.98 Å². The molecule has 1 atom stereocenters. The first-order chi connectivity index (χ1) is 34.7. The van der Waals surface area contributed by atoms with Crippen molar-refractivity contribution in [2.45, 2.75) is 25.7 Å². The molecule has 2 aliphatic rings. The highest BCUT2D eigenvalue weighted by Gasteiger charge is 2.23. The van der Waals surface area contributed by atoms with Gasteiger partial charge in [0.25, 0.3) is 0 Å². The third-order valence-corrected chi connectivity index (χ3v) is 13.5. The Morgan fingerprint density at radius 2 is 1.31 bits per heavy atom. The molecule has 0 radical (unpaired) electrons. The number of nitrogens with zero attached hydrogens (tertiary/aromatic N) is 6. The molecule has 384 valence electrons. The van der Waals surface area contributed by atoms with Gasteiger partial charge in [-0.1, -0.05) is 39.0 Å². The first kappa shape index (κ1) is 56.9. The maximum atomic E-state index is 12.9. The number of nitrogens with one attached hydrogen (secondary N) is 2. The lowest BCUT2D eigenvalue weighted by Crippen LogP contribution is -2.25. The van der Waals surface area contributed by atoms with Crippen LogP contribution in [0.1, 0.15) is 51.3 Å². The summed E-state index contributed by atoms with van der Waals surface area (Å²) in [4.78, 5) is 58.3. The number of amidine groups is 1. The van der Waals surface area contributed by atoms with Crippen molar-refractivity contribution in [3.8, 4) is 23.0 Å². The number of thioether (sulfide) groups is 1. The quantitative estimate of drug-likeness (QED) is 0.00827. The molecule has 0 bridgehead atoms. The number of nitro groups is 2. The molecule has 0 aliphatic carbocycles. The number of rotatable bonds is 20. The number of nitrogen functional groups attached to an aromatic ring is 1. The second-order valence-corrected chi connectivity index (χ2v) is 19.6. The highest BCUT2D eigenvalue weighted by molar-refractivity contribution is 9.09. The number of ether oxygens (including phenoxy) is 4. The zero-order valence-electron chi connectivity index (χ0n) is 39.6. The number of aliphatic imine (C=N–C) groups is 1. The number of ketones is 2.